The highest BCUT2D eigenvalue weighted by Crippen LogP contribution is 2.40. The van der Waals surface area contributed by atoms with Crippen molar-refractivity contribution in [2.75, 3.05) is 5.32 Å². The van der Waals surface area contributed by atoms with E-state index in [0.29, 0.717) is 15.3 Å². The predicted octanol–water partition coefficient (Wildman–Crippen LogP) is 5.41. The molecule has 0 spiro atoms. The molecule has 116 valence electrons. The lowest BCUT2D eigenvalue weighted by Gasteiger charge is -2.31. The van der Waals surface area contributed by atoms with E-state index in [0.717, 1.165) is 12.8 Å². The van der Waals surface area contributed by atoms with Gasteiger partial charge in [-0.3, -0.25) is 0 Å². The molecule has 1 aromatic heterocycles. The Morgan fingerprint density at radius 3 is 2.68 bits per heavy atom. The van der Waals surface area contributed by atoms with Crippen molar-refractivity contribution in [2.45, 2.75) is 31.2 Å². The Labute approximate surface area is 147 Å². The minimum Gasteiger partial charge on any atom is -0.352 e. The maximum Gasteiger partial charge on any atom is 0.171 e. The van der Waals surface area contributed by atoms with Crippen molar-refractivity contribution in [1.82, 2.24) is 5.32 Å². The van der Waals surface area contributed by atoms with E-state index < -0.39 is 0 Å². The van der Waals surface area contributed by atoms with E-state index >= 15 is 0 Å². The molecule has 0 amide bonds. The molecule has 0 aliphatic heterocycles. The standard InChI is InChI=1S/C16H16BrFN2S2/c17-11-5-6-13(12(18)10-11)19-15(21)20-16(7-1-2-8-16)14-4-3-9-22-14/h3-6,9-10H,1-2,7-8H2,(H2,19,20,21). The van der Waals surface area contributed by atoms with Crippen molar-refractivity contribution in [3.63, 3.8) is 0 Å². The Hall–Kier alpha value is -0.980. The van der Waals surface area contributed by atoms with Crippen LogP contribution in [0.1, 0.15) is 30.6 Å². The number of hydrogen-bond acceptors (Lipinski definition) is 2. The summed E-state index contributed by atoms with van der Waals surface area (Å²) in [6.45, 7) is 0. The van der Waals surface area contributed by atoms with Crippen LogP contribution in [0, 0.1) is 5.82 Å². The number of thiophene rings is 1. The minimum atomic E-state index is -0.324. The van der Waals surface area contributed by atoms with Gasteiger partial charge in [-0.05, 0) is 54.7 Å². The average molecular weight is 399 g/mol. The van der Waals surface area contributed by atoms with Gasteiger partial charge in [-0.25, -0.2) is 4.39 Å². The summed E-state index contributed by atoms with van der Waals surface area (Å²) in [4.78, 5) is 1.30. The van der Waals surface area contributed by atoms with E-state index in [4.69, 9.17) is 12.2 Å². The van der Waals surface area contributed by atoms with E-state index in [1.807, 2.05) is 0 Å². The number of benzene rings is 1. The van der Waals surface area contributed by atoms with E-state index in [1.165, 1.54) is 23.8 Å². The van der Waals surface area contributed by atoms with Gasteiger partial charge in [0, 0.05) is 9.35 Å². The van der Waals surface area contributed by atoms with Gasteiger partial charge in [0.05, 0.1) is 11.2 Å². The first-order valence-electron chi connectivity index (χ1n) is 7.17. The molecule has 2 aromatic rings. The van der Waals surface area contributed by atoms with E-state index in [1.54, 1.807) is 23.5 Å². The Kier molecular flexibility index (Phi) is 4.80. The lowest BCUT2D eigenvalue weighted by molar-refractivity contribution is 0.417. The molecule has 3 rings (SSSR count). The SMILES string of the molecule is Fc1cc(Br)ccc1NC(=S)NC1(c2cccs2)CCCC1. The Morgan fingerprint density at radius 2 is 2.05 bits per heavy atom. The van der Waals surface area contributed by atoms with Crippen LogP contribution >= 0.6 is 39.5 Å². The first kappa shape index (κ1) is 15.9. The van der Waals surface area contributed by atoms with Crippen LogP contribution in [-0.4, -0.2) is 5.11 Å². The fourth-order valence-electron chi connectivity index (χ4n) is 2.92. The van der Waals surface area contributed by atoms with E-state index in [-0.39, 0.29) is 11.4 Å². The number of halogens is 2. The highest BCUT2D eigenvalue weighted by molar-refractivity contribution is 9.10. The van der Waals surface area contributed by atoms with Crippen molar-refractivity contribution < 1.29 is 4.39 Å². The second-order valence-corrected chi connectivity index (χ2v) is 7.74. The molecular weight excluding hydrogens is 383 g/mol. The van der Waals surface area contributed by atoms with Gasteiger partial charge in [0.25, 0.3) is 0 Å². The molecule has 1 aliphatic rings. The largest absolute Gasteiger partial charge is 0.352 e. The molecule has 2 N–H and O–H groups in total. The van der Waals surface area contributed by atoms with Crippen LogP contribution < -0.4 is 10.6 Å². The average Bonchev–Trinajstić information content (AvgIpc) is 3.13. The molecule has 2 nitrogen and oxygen atoms in total. The summed E-state index contributed by atoms with van der Waals surface area (Å²) >= 11 is 10.4. The summed E-state index contributed by atoms with van der Waals surface area (Å²) in [6, 6.07) is 9.10. The second-order valence-electron chi connectivity index (χ2n) is 5.47. The molecule has 1 aliphatic carbocycles. The third kappa shape index (κ3) is 3.34. The first-order chi connectivity index (χ1) is 10.6. The number of hydrogen-bond donors (Lipinski definition) is 2. The molecule has 0 atom stereocenters. The van der Waals surface area contributed by atoms with E-state index in [9.17, 15) is 4.39 Å². The van der Waals surface area contributed by atoms with Crippen LogP contribution in [-0.2, 0) is 5.54 Å². The predicted molar refractivity (Wildman–Crippen MR) is 97.9 cm³/mol. The molecule has 1 aromatic carbocycles. The normalized spacial score (nSPS) is 16.5. The number of anilines is 1. The quantitative estimate of drug-likeness (QED) is 0.676. The molecule has 0 radical (unpaired) electrons. The fraction of sp³-hybridized carbons (Fsp3) is 0.312. The molecule has 1 heterocycles. The zero-order valence-corrected chi connectivity index (χ0v) is 15.1. The van der Waals surface area contributed by atoms with Crippen LogP contribution in [0.5, 0.6) is 0 Å². The highest BCUT2D eigenvalue weighted by atomic mass is 79.9. The van der Waals surface area contributed by atoms with Gasteiger partial charge in [0.15, 0.2) is 5.11 Å². The van der Waals surface area contributed by atoms with Crippen LogP contribution in [0.2, 0.25) is 0 Å². The lowest BCUT2D eigenvalue weighted by atomic mass is 9.96. The Bertz CT molecular complexity index is 667. The fourth-order valence-corrected chi connectivity index (χ4v) is 4.50. The Balaban J connectivity index is 1.75. The second kappa shape index (κ2) is 6.64. The van der Waals surface area contributed by atoms with Crippen LogP contribution in [0.25, 0.3) is 0 Å². The molecule has 6 heteroatoms. The molecule has 1 saturated carbocycles. The van der Waals surface area contributed by atoms with Gasteiger partial charge >= 0.3 is 0 Å². The Morgan fingerprint density at radius 1 is 1.27 bits per heavy atom. The number of thiocarbonyl (C=S) groups is 1. The van der Waals surface area contributed by atoms with Gasteiger partial charge in [-0.2, -0.15) is 0 Å². The van der Waals surface area contributed by atoms with Crippen molar-refractivity contribution in [3.8, 4) is 0 Å². The summed E-state index contributed by atoms with van der Waals surface area (Å²) in [5.41, 5.74) is 0.282. The monoisotopic (exact) mass is 398 g/mol. The third-order valence-corrected chi connectivity index (χ3v) is 5.75. The van der Waals surface area contributed by atoms with Gasteiger partial charge in [0.1, 0.15) is 5.82 Å². The number of nitrogens with one attached hydrogen (secondary N) is 2. The highest BCUT2D eigenvalue weighted by Gasteiger charge is 2.37. The van der Waals surface area contributed by atoms with Crippen molar-refractivity contribution in [1.29, 1.82) is 0 Å². The summed E-state index contributed by atoms with van der Waals surface area (Å²) in [5, 5.41) is 8.97. The molecule has 22 heavy (non-hydrogen) atoms. The summed E-state index contributed by atoms with van der Waals surface area (Å²) < 4.78 is 14.6. The lowest BCUT2D eigenvalue weighted by Crippen LogP contribution is -2.45. The van der Waals surface area contributed by atoms with Crippen LogP contribution in [0.4, 0.5) is 10.1 Å². The molecule has 0 saturated heterocycles. The maximum absolute atomic E-state index is 13.9. The summed E-state index contributed by atoms with van der Waals surface area (Å²) in [6.07, 6.45) is 4.47. The molecular formula is C16H16BrFN2S2. The van der Waals surface area contributed by atoms with Gasteiger partial charge in [-0.1, -0.05) is 34.8 Å². The van der Waals surface area contributed by atoms with Crippen LogP contribution in [0.3, 0.4) is 0 Å². The van der Waals surface area contributed by atoms with Crippen LogP contribution in [0.15, 0.2) is 40.2 Å². The topological polar surface area (TPSA) is 24.1 Å². The maximum atomic E-state index is 13.9. The molecule has 0 unspecified atom stereocenters. The van der Waals surface area contributed by atoms with Gasteiger partial charge < -0.3 is 10.6 Å². The van der Waals surface area contributed by atoms with Gasteiger partial charge in [-0.15, -0.1) is 11.3 Å². The summed E-state index contributed by atoms with van der Waals surface area (Å²) in [7, 11) is 0. The first-order valence-corrected chi connectivity index (χ1v) is 9.25. The zero-order valence-electron chi connectivity index (χ0n) is 11.9. The van der Waals surface area contributed by atoms with Gasteiger partial charge in [0.2, 0.25) is 0 Å². The van der Waals surface area contributed by atoms with Crippen molar-refractivity contribution in [2.24, 2.45) is 0 Å². The number of rotatable bonds is 3. The molecule has 0 bridgehead atoms. The van der Waals surface area contributed by atoms with E-state index in [2.05, 4.69) is 44.1 Å². The van der Waals surface area contributed by atoms with Crippen molar-refractivity contribution >= 4 is 50.3 Å². The third-order valence-electron chi connectivity index (χ3n) is 3.98. The smallest absolute Gasteiger partial charge is 0.171 e. The zero-order chi connectivity index (χ0) is 15.6. The molecule has 1 fully saturated rings. The summed E-state index contributed by atoms with van der Waals surface area (Å²) in [5.74, 6) is -0.324. The minimum absolute atomic E-state index is 0.107. The van der Waals surface area contributed by atoms with Crippen molar-refractivity contribution in [3.05, 3.63) is 50.9 Å².